The average molecular weight is 279 g/mol. The van der Waals surface area contributed by atoms with Crippen molar-refractivity contribution in [3.63, 3.8) is 0 Å². The van der Waals surface area contributed by atoms with Gasteiger partial charge in [0, 0.05) is 18.9 Å². The summed E-state index contributed by atoms with van der Waals surface area (Å²) in [5.74, 6) is 1.18. The summed E-state index contributed by atoms with van der Waals surface area (Å²) < 4.78 is 37.9. The monoisotopic (exact) mass is 279 g/mol. The SMILES string of the molecule is CCC(C)CSc1cc(C(F)(F)F)nc(NC)n1. The molecule has 0 aromatic carbocycles. The van der Waals surface area contributed by atoms with E-state index in [9.17, 15) is 13.2 Å². The molecule has 7 heteroatoms. The topological polar surface area (TPSA) is 37.8 Å². The Bertz CT molecular complexity index is 396. The molecule has 1 unspecified atom stereocenters. The molecule has 1 atom stereocenters. The molecule has 102 valence electrons. The molecule has 0 aliphatic carbocycles. The number of thioether (sulfide) groups is 1. The molecule has 3 nitrogen and oxygen atoms in total. The van der Waals surface area contributed by atoms with Gasteiger partial charge in [0.25, 0.3) is 0 Å². The zero-order valence-corrected chi connectivity index (χ0v) is 11.3. The standard InChI is InChI=1S/C11H16F3N3S/c1-4-7(2)6-18-9-5-8(11(12,13)14)16-10(15-3)17-9/h5,7H,4,6H2,1-3H3,(H,15,16,17). The molecule has 0 aliphatic heterocycles. The first kappa shape index (κ1) is 15.1. The van der Waals surface area contributed by atoms with Crippen LogP contribution < -0.4 is 5.32 Å². The second kappa shape index (κ2) is 6.26. The second-order valence-electron chi connectivity index (χ2n) is 3.99. The van der Waals surface area contributed by atoms with E-state index in [-0.39, 0.29) is 5.95 Å². The van der Waals surface area contributed by atoms with Crippen LogP contribution in [0.1, 0.15) is 26.0 Å². The van der Waals surface area contributed by atoms with Crippen LogP contribution in [0, 0.1) is 5.92 Å². The van der Waals surface area contributed by atoms with Crippen molar-refractivity contribution in [1.82, 2.24) is 9.97 Å². The van der Waals surface area contributed by atoms with Crippen LogP contribution in [0.2, 0.25) is 0 Å². The number of anilines is 1. The van der Waals surface area contributed by atoms with Gasteiger partial charge in [0.15, 0.2) is 5.69 Å². The van der Waals surface area contributed by atoms with E-state index in [4.69, 9.17) is 0 Å². The molecule has 1 rings (SSSR count). The number of rotatable bonds is 5. The van der Waals surface area contributed by atoms with E-state index in [2.05, 4.69) is 22.2 Å². The molecule has 1 aromatic heterocycles. The molecule has 1 aromatic rings. The molecule has 0 saturated carbocycles. The Kier molecular flexibility index (Phi) is 5.25. The molecule has 1 N–H and O–H groups in total. The van der Waals surface area contributed by atoms with Crippen molar-refractivity contribution >= 4 is 17.7 Å². The van der Waals surface area contributed by atoms with Crippen LogP contribution >= 0.6 is 11.8 Å². The van der Waals surface area contributed by atoms with Crippen LogP contribution in [0.3, 0.4) is 0 Å². The Balaban J connectivity index is 2.91. The minimum absolute atomic E-state index is 0.00326. The number of aromatic nitrogens is 2. The van der Waals surface area contributed by atoms with E-state index < -0.39 is 11.9 Å². The molecule has 0 aliphatic rings. The fourth-order valence-corrected chi connectivity index (χ4v) is 2.14. The second-order valence-corrected chi connectivity index (χ2v) is 5.03. The van der Waals surface area contributed by atoms with Gasteiger partial charge >= 0.3 is 6.18 Å². The summed E-state index contributed by atoms with van der Waals surface area (Å²) in [5.41, 5.74) is -0.909. The van der Waals surface area contributed by atoms with E-state index in [1.807, 2.05) is 6.92 Å². The van der Waals surface area contributed by atoms with Gasteiger partial charge in [-0.3, -0.25) is 0 Å². The summed E-state index contributed by atoms with van der Waals surface area (Å²) in [6.45, 7) is 4.10. The van der Waals surface area contributed by atoms with Gasteiger partial charge < -0.3 is 5.32 Å². The summed E-state index contributed by atoms with van der Waals surface area (Å²) >= 11 is 1.32. The number of hydrogen-bond donors (Lipinski definition) is 1. The molecule has 0 fully saturated rings. The Morgan fingerprint density at radius 1 is 1.39 bits per heavy atom. The Hall–Kier alpha value is -0.980. The fraction of sp³-hybridized carbons (Fsp3) is 0.636. The summed E-state index contributed by atoms with van der Waals surface area (Å²) in [6.07, 6.45) is -3.46. The molecular formula is C11H16F3N3S. The van der Waals surface area contributed by atoms with Crippen LogP contribution in [-0.2, 0) is 6.18 Å². The first-order valence-electron chi connectivity index (χ1n) is 5.63. The molecule has 0 spiro atoms. The maximum Gasteiger partial charge on any atom is 0.433 e. The Morgan fingerprint density at radius 2 is 2.06 bits per heavy atom. The zero-order valence-electron chi connectivity index (χ0n) is 10.5. The van der Waals surface area contributed by atoms with E-state index in [0.717, 1.165) is 18.2 Å². The Morgan fingerprint density at radius 3 is 2.56 bits per heavy atom. The van der Waals surface area contributed by atoms with Crippen molar-refractivity contribution in [2.45, 2.75) is 31.5 Å². The highest BCUT2D eigenvalue weighted by Crippen LogP contribution is 2.31. The summed E-state index contributed by atoms with van der Waals surface area (Å²) in [7, 11) is 1.50. The lowest BCUT2D eigenvalue weighted by Crippen LogP contribution is -2.11. The van der Waals surface area contributed by atoms with Gasteiger partial charge in [-0.2, -0.15) is 13.2 Å². The third kappa shape index (κ3) is 4.36. The molecule has 18 heavy (non-hydrogen) atoms. The van der Waals surface area contributed by atoms with Crippen molar-refractivity contribution in [1.29, 1.82) is 0 Å². The lowest BCUT2D eigenvalue weighted by Gasteiger charge is -2.11. The predicted octanol–water partition coefficient (Wildman–Crippen LogP) is 3.68. The minimum atomic E-state index is -4.44. The quantitative estimate of drug-likeness (QED) is 0.659. The van der Waals surface area contributed by atoms with Crippen LogP contribution in [0.5, 0.6) is 0 Å². The van der Waals surface area contributed by atoms with Gasteiger partial charge in [-0.1, -0.05) is 20.3 Å². The van der Waals surface area contributed by atoms with Gasteiger partial charge in [0.2, 0.25) is 5.95 Å². The normalized spacial score (nSPS) is 13.4. The van der Waals surface area contributed by atoms with Gasteiger partial charge in [-0.15, -0.1) is 11.8 Å². The number of halogens is 3. The molecule has 1 heterocycles. The summed E-state index contributed by atoms with van der Waals surface area (Å²) in [5, 5.41) is 2.89. The van der Waals surface area contributed by atoms with Crippen LogP contribution in [0.25, 0.3) is 0 Å². The van der Waals surface area contributed by atoms with Crippen molar-refractivity contribution in [3.05, 3.63) is 11.8 Å². The van der Waals surface area contributed by atoms with Crippen molar-refractivity contribution in [2.24, 2.45) is 5.92 Å². The third-order valence-electron chi connectivity index (χ3n) is 2.43. The van der Waals surface area contributed by atoms with E-state index in [0.29, 0.717) is 10.9 Å². The van der Waals surface area contributed by atoms with E-state index >= 15 is 0 Å². The molecule has 0 amide bonds. The van der Waals surface area contributed by atoms with Crippen LogP contribution in [-0.4, -0.2) is 22.8 Å². The molecule has 0 radical (unpaired) electrons. The smallest absolute Gasteiger partial charge is 0.357 e. The van der Waals surface area contributed by atoms with Gasteiger partial charge in [-0.05, 0) is 5.92 Å². The van der Waals surface area contributed by atoms with Crippen molar-refractivity contribution < 1.29 is 13.2 Å². The third-order valence-corrected chi connectivity index (χ3v) is 3.67. The van der Waals surface area contributed by atoms with Gasteiger partial charge in [-0.25, -0.2) is 9.97 Å². The lowest BCUT2D eigenvalue weighted by atomic mass is 10.2. The first-order valence-corrected chi connectivity index (χ1v) is 6.62. The highest BCUT2D eigenvalue weighted by Gasteiger charge is 2.33. The first-order chi connectivity index (χ1) is 8.36. The fourth-order valence-electron chi connectivity index (χ4n) is 1.10. The minimum Gasteiger partial charge on any atom is -0.357 e. The van der Waals surface area contributed by atoms with Crippen molar-refractivity contribution in [3.8, 4) is 0 Å². The Labute approximate surface area is 109 Å². The highest BCUT2D eigenvalue weighted by atomic mass is 32.2. The molecule has 0 saturated heterocycles. The van der Waals surface area contributed by atoms with E-state index in [1.54, 1.807) is 0 Å². The maximum absolute atomic E-state index is 12.6. The number of alkyl halides is 3. The predicted molar refractivity (Wildman–Crippen MR) is 66.8 cm³/mol. The van der Waals surface area contributed by atoms with Crippen LogP contribution in [0.4, 0.5) is 19.1 Å². The van der Waals surface area contributed by atoms with E-state index in [1.165, 1.54) is 18.8 Å². The summed E-state index contributed by atoms with van der Waals surface area (Å²) in [4.78, 5) is 7.42. The summed E-state index contributed by atoms with van der Waals surface area (Å²) in [6, 6.07) is 0.994. The van der Waals surface area contributed by atoms with Crippen molar-refractivity contribution in [2.75, 3.05) is 18.1 Å². The lowest BCUT2D eigenvalue weighted by molar-refractivity contribution is -0.141. The number of nitrogens with zero attached hydrogens (tertiary/aromatic N) is 2. The highest BCUT2D eigenvalue weighted by molar-refractivity contribution is 7.99. The number of nitrogens with one attached hydrogen (secondary N) is 1. The largest absolute Gasteiger partial charge is 0.433 e. The zero-order chi connectivity index (χ0) is 13.8. The average Bonchev–Trinajstić information content (AvgIpc) is 2.34. The molecule has 0 bridgehead atoms. The van der Waals surface area contributed by atoms with Gasteiger partial charge in [0.05, 0.1) is 0 Å². The molecular weight excluding hydrogens is 263 g/mol. The van der Waals surface area contributed by atoms with Gasteiger partial charge in [0.1, 0.15) is 5.03 Å². The maximum atomic E-state index is 12.6. The van der Waals surface area contributed by atoms with Crippen LogP contribution in [0.15, 0.2) is 11.1 Å². The number of hydrogen-bond acceptors (Lipinski definition) is 4.